The van der Waals surface area contributed by atoms with E-state index in [2.05, 4.69) is 23.9 Å². The molecule has 3 heterocycles. The van der Waals surface area contributed by atoms with Gasteiger partial charge >= 0.3 is 0 Å². The van der Waals surface area contributed by atoms with Gasteiger partial charge in [-0.25, -0.2) is 4.98 Å². The lowest BCUT2D eigenvalue weighted by molar-refractivity contribution is 0.0600. The smallest absolute Gasteiger partial charge is 0.272 e. The van der Waals surface area contributed by atoms with Crippen LogP contribution < -0.4 is 0 Å². The van der Waals surface area contributed by atoms with Crippen molar-refractivity contribution < 1.29 is 4.79 Å². The quantitative estimate of drug-likeness (QED) is 0.862. The molecule has 0 N–H and O–H groups in total. The van der Waals surface area contributed by atoms with Crippen molar-refractivity contribution in [2.75, 3.05) is 6.54 Å². The molecule has 0 radical (unpaired) electrons. The van der Waals surface area contributed by atoms with Crippen LogP contribution >= 0.6 is 11.3 Å². The van der Waals surface area contributed by atoms with Gasteiger partial charge in [0, 0.05) is 25.2 Å². The molecule has 2 aromatic heterocycles. The van der Waals surface area contributed by atoms with Crippen molar-refractivity contribution in [3.63, 3.8) is 0 Å². The van der Waals surface area contributed by atoms with Crippen LogP contribution in [0.25, 0.3) is 0 Å². The van der Waals surface area contributed by atoms with Crippen LogP contribution in [0.4, 0.5) is 0 Å². The third-order valence-corrected chi connectivity index (χ3v) is 5.14. The third-order valence-electron chi connectivity index (χ3n) is 4.27. The van der Waals surface area contributed by atoms with Gasteiger partial charge in [0.25, 0.3) is 5.91 Å². The summed E-state index contributed by atoms with van der Waals surface area (Å²) in [5.74, 6) is 0.612. The first kappa shape index (κ1) is 16.2. The van der Waals surface area contributed by atoms with E-state index < -0.39 is 0 Å². The fourth-order valence-electron chi connectivity index (χ4n) is 3.22. The molecule has 5 nitrogen and oxygen atoms in total. The number of hydrogen-bond donors (Lipinski definition) is 0. The highest BCUT2D eigenvalue weighted by Gasteiger charge is 2.31. The molecule has 23 heavy (non-hydrogen) atoms. The zero-order valence-corrected chi connectivity index (χ0v) is 14.8. The van der Waals surface area contributed by atoms with Crippen LogP contribution in [0.1, 0.15) is 60.3 Å². The number of rotatable bonds is 4. The summed E-state index contributed by atoms with van der Waals surface area (Å²) in [6.07, 6.45) is 5.93. The predicted octanol–water partition coefficient (Wildman–Crippen LogP) is 3.44. The van der Waals surface area contributed by atoms with Crippen LogP contribution in [0.15, 0.2) is 17.6 Å². The number of thiazole rings is 1. The lowest BCUT2D eigenvalue weighted by Crippen LogP contribution is -2.39. The minimum Gasteiger partial charge on any atom is -0.328 e. The van der Waals surface area contributed by atoms with Crippen molar-refractivity contribution in [1.82, 2.24) is 19.7 Å². The molecule has 1 atom stereocenters. The Hall–Kier alpha value is -1.69. The SMILES string of the molecule is CC(C)Cc1cc(C(=O)N2CCCC[C@H]2c2nccs2)n(C)n1. The fraction of sp³-hybridized carbons (Fsp3) is 0.588. The number of carbonyl (C=O) groups is 1. The number of nitrogens with zero attached hydrogens (tertiary/aromatic N) is 4. The Balaban J connectivity index is 1.84. The van der Waals surface area contributed by atoms with E-state index in [1.54, 1.807) is 16.0 Å². The maximum Gasteiger partial charge on any atom is 0.272 e. The molecule has 2 aromatic rings. The van der Waals surface area contributed by atoms with Crippen molar-refractivity contribution in [2.24, 2.45) is 13.0 Å². The molecule has 0 aromatic carbocycles. The minimum atomic E-state index is 0.0786. The van der Waals surface area contributed by atoms with Crippen molar-refractivity contribution in [2.45, 2.75) is 45.6 Å². The van der Waals surface area contributed by atoms with Crippen LogP contribution in [0.5, 0.6) is 0 Å². The molecule has 0 unspecified atom stereocenters. The highest BCUT2D eigenvalue weighted by atomic mass is 32.1. The van der Waals surface area contributed by atoms with Crippen LogP contribution in [0.2, 0.25) is 0 Å². The van der Waals surface area contributed by atoms with Crippen LogP contribution in [-0.2, 0) is 13.5 Å². The molecule has 0 saturated carbocycles. The molecule has 1 amide bonds. The number of likely N-dealkylation sites (tertiary alicyclic amines) is 1. The summed E-state index contributed by atoms with van der Waals surface area (Å²) < 4.78 is 1.73. The number of carbonyl (C=O) groups excluding carboxylic acids is 1. The summed E-state index contributed by atoms with van der Waals surface area (Å²) in [6, 6.07) is 2.07. The monoisotopic (exact) mass is 332 g/mol. The van der Waals surface area contributed by atoms with Crippen LogP contribution in [0, 0.1) is 5.92 Å². The van der Waals surface area contributed by atoms with Gasteiger partial charge in [-0.1, -0.05) is 13.8 Å². The zero-order valence-electron chi connectivity index (χ0n) is 14.0. The number of amides is 1. The average molecular weight is 332 g/mol. The Bertz CT molecular complexity index is 662. The van der Waals surface area contributed by atoms with Gasteiger partial charge in [0.15, 0.2) is 0 Å². The van der Waals surface area contributed by atoms with Crippen LogP contribution in [0.3, 0.4) is 0 Å². The second-order valence-corrected chi connectivity index (χ2v) is 7.55. The Morgan fingerprint density at radius 2 is 2.26 bits per heavy atom. The fourth-order valence-corrected chi connectivity index (χ4v) is 4.01. The zero-order chi connectivity index (χ0) is 16.4. The second kappa shape index (κ2) is 6.83. The molecular weight excluding hydrogens is 308 g/mol. The van der Waals surface area contributed by atoms with Gasteiger partial charge in [0.1, 0.15) is 10.7 Å². The van der Waals surface area contributed by atoms with Gasteiger partial charge in [-0.3, -0.25) is 9.48 Å². The molecule has 3 rings (SSSR count). The van der Waals surface area contributed by atoms with Gasteiger partial charge in [0.2, 0.25) is 0 Å². The van der Waals surface area contributed by atoms with Gasteiger partial charge in [-0.15, -0.1) is 11.3 Å². The number of aromatic nitrogens is 3. The van der Waals surface area contributed by atoms with Crippen molar-refractivity contribution in [3.05, 3.63) is 34.0 Å². The van der Waals surface area contributed by atoms with E-state index in [0.29, 0.717) is 11.6 Å². The highest BCUT2D eigenvalue weighted by molar-refractivity contribution is 7.09. The third kappa shape index (κ3) is 3.47. The van der Waals surface area contributed by atoms with E-state index in [4.69, 9.17) is 0 Å². The first-order chi connectivity index (χ1) is 11.1. The molecule has 0 bridgehead atoms. The van der Waals surface area contributed by atoms with E-state index in [0.717, 1.165) is 42.9 Å². The first-order valence-electron chi connectivity index (χ1n) is 8.29. The number of aryl methyl sites for hydroxylation is 1. The van der Waals surface area contributed by atoms with E-state index >= 15 is 0 Å². The molecule has 6 heteroatoms. The highest BCUT2D eigenvalue weighted by Crippen LogP contribution is 2.33. The number of hydrogen-bond acceptors (Lipinski definition) is 4. The molecular formula is C17H24N4OS. The van der Waals surface area contributed by atoms with Crippen molar-refractivity contribution in [3.8, 4) is 0 Å². The Morgan fingerprint density at radius 3 is 2.96 bits per heavy atom. The Morgan fingerprint density at radius 1 is 1.43 bits per heavy atom. The summed E-state index contributed by atoms with van der Waals surface area (Å²) in [5.41, 5.74) is 1.68. The molecule has 0 aliphatic carbocycles. The second-order valence-electron chi connectivity index (χ2n) is 6.62. The molecule has 0 spiro atoms. The molecule has 1 aliphatic heterocycles. The largest absolute Gasteiger partial charge is 0.328 e. The maximum absolute atomic E-state index is 13.1. The van der Waals surface area contributed by atoms with Crippen molar-refractivity contribution in [1.29, 1.82) is 0 Å². The van der Waals surface area contributed by atoms with Gasteiger partial charge in [-0.2, -0.15) is 5.10 Å². The van der Waals surface area contributed by atoms with Gasteiger partial charge < -0.3 is 4.90 Å². The lowest BCUT2D eigenvalue weighted by Gasteiger charge is -2.34. The molecule has 1 aliphatic rings. The summed E-state index contributed by atoms with van der Waals surface area (Å²) in [4.78, 5) is 19.5. The molecule has 124 valence electrons. The summed E-state index contributed by atoms with van der Waals surface area (Å²) in [6.45, 7) is 5.13. The normalized spacial score (nSPS) is 18.6. The van der Waals surface area contributed by atoms with E-state index in [-0.39, 0.29) is 11.9 Å². The standard InChI is InChI=1S/C17H24N4OS/c1-12(2)10-13-11-15(20(3)19-13)17(22)21-8-5-4-6-14(21)16-18-7-9-23-16/h7,9,11-12,14H,4-6,8,10H2,1-3H3/t14-/m0/s1. The molecule has 1 fully saturated rings. The van der Waals surface area contributed by atoms with E-state index in [9.17, 15) is 4.79 Å². The Kier molecular flexibility index (Phi) is 4.80. The average Bonchev–Trinajstić information content (AvgIpc) is 3.16. The van der Waals surface area contributed by atoms with Crippen molar-refractivity contribution >= 4 is 17.2 Å². The maximum atomic E-state index is 13.1. The minimum absolute atomic E-state index is 0.0786. The summed E-state index contributed by atoms with van der Waals surface area (Å²) in [7, 11) is 1.86. The van der Waals surface area contributed by atoms with E-state index in [1.807, 2.05) is 29.6 Å². The summed E-state index contributed by atoms with van der Waals surface area (Å²) in [5, 5.41) is 7.54. The van der Waals surface area contributed by atoms with Gasteiger partial charge in [-0.05, 0) is 37.7 Å². The molecule has 1 saturated heterocycles. The van der Waals surface area contributed by atoms with Gasteiger partial charge in [0.05, 0.1) is 11.7 Å². The number of piperidine rings is 1. The predicted molar refractivity (Wildman–Crippen MR) is 91.5 cm³/mol. The topological polar surface area (TPSA) is 51.0 Å². The first-order valence-corrected chi connectivity index (χ1v) is 9.17. The van der Waals surface area contributed by atoms with Crippen LogP contribution in [-0.4, -0.2) is 32.1 Å². The lowest BCUT2D eigenvalue weighted by atomic mass is 10.0. The van der Waals surface area contributed by atoms with E-state index in [1.165, 1.54) is 0 Å². The Labute approximate surface area is 141 Å². The summed E-state index contributed by atoms with van der Waals surface area (Å²) >= 11 is 1.64.